The van der Waals surface area contributed by atoms with Crippen LogP contribution in [0.15, 0.2) is 53.5 Å². The molecule has 0 amide bonds. The van der Waals surface area contributed by atoms with Gasteiger partial charge in [0.25, 0.3) is 0 Å². The summed E-state index contributed by atoms with van der Waals surface area (Å²) in [7, 11) is 4.22. The molecule has 1 heterocycles. The smallest absolute Gasteiger partial charge is 0.0725 e. The van der Waals surface area contributed by atoms with Gasteiger partial charge in [0.15, 0.2) is 0 Å². The zero-order valence-corrected chi connectivity index (χ0v) is 13.8. The molecular weight excluding hydrogens is 292 g/mol. The van der Waals surface area contributed by atoms with Crippen LogP contribution < -0.4 is 0 Å². The van der Waals surface area contributed by atoms with E-state index in [9.17, 15) is 0 Å². The highest BCUT2D eigenvalue weighted by Crippen LogP contribution is 2.25. The monoisotopic (exact) mass is 312 g/mol. The lowest BCUT2D eigenvalue weighted by Gasteiger charge is -2.25. The molecule has 3 heteroatoms. The third-order valence-corrected chi connectivity index (χ3v) is 4.32. The van der Waals surface area contributed by atoms with Gasteiger partial charge in [0.1, 0.15) is 0 Å². The fraction of sp³-hybridized carbons (Fsp3) is 0.316. The molecule has 0 spiro atoms. The van der Waals surface area contributed by atoms with Crippen molar-refractivity contribution in [1.82, 2.24) is 4.90 Å². The maximum atomic E-state index is 6.02. The summed E-state index contributed by atoms with van der Waals surface area (Å²) in [6, 6.07) is 16.9. The topological polar surface area (TPSA) is 15.6 Å². The normalized spacial score (nSPS) is 17.3. The Balaban J connectivity index is 1.96. The van der Waals surface area contributed by atoms with Gasteiger partial charge in [-0.05, 0) is 51.2 Å². The number of aliphatic imine (C=N–C) groups is 1. The first-order valence-corrected chi connectivity index (χ1v) is 8.08. The molecule has 2 aromatic carbocycles. The number of hydrogen-bond acceptors (Lipinski definition) is 2. The van der Waals surface area contributed by atoms with Crippen LogP contribution in [0.5, 0.6) is 0 Å². The summed E-state index contributed by atoms with van der Waals surface area (Å²) in [4.78, 5) is 7.26. The average Bonchev–Trinajstić information content (AvgIpc) is 2.53. The van der Waals surface area contributed by atoms with Crippen LogP contribution in [0, 0.1) is 0 Å². The molecule has 0 N–H and O–H groups in total. The second kappa shape index (κ2) is 6.64. The molecule has 3 rings (SSSR count). The molecule has 22 heavy (non-hydrogen) atoms. The molecule has 0 radical (unpaired) electrons. The molecular formula is C19H21ClN2. The predicted octanol–water partition coefficient (Wildman–Crippen LogP) is 4.05. The van der Waals surface area contributed by atoms with Gasteiger partial charge in [-0.2, -0.15) is 0 Å². The Morgan fingerprint density at radius 2 is 1.82 bits per heavy atom. The highest BCUT2D eigenvalue weighted by Gasteiger charge is 2.21. The van der Waals surface area contributed by atoms with Crippen molar-refractivity contribution < 1.29 is 0 Å². The minimum atomic E-state index is 0.350. The van der Waals surface area contributed by atoms with Gasteiger partial charge in [-0.3, -0.25) is 4.99 Å². The first kappa shape index (κ1) is 15.3. The Labute approximate surface area is 137 Å². The van der Waals surface area contributed by atoms with E-state index in [2.05, 4.69) is 55.4 Å². The molecule has 0 aromatic heterocycles. The van der Waals surface area contributed by atoms with Crippen molar-refractivity contribution in [2.24, 2.45) is 4.99 Å². The van der Waals surface area contributed by atoms with Gasteiger partial charge in [0.05, 0.1) is 11.8 Å². The molecule has 1 atom stereocenters. The Kier molecular flexibility index (Phi) is 4.60. The molecule has 2 nitrogen and oxygen atoms in total. The maximum Gasteiger partial charge on any atom is 0.0725 e. The Morgan fingerprint density at radius 3 is 2.55 bits per heavy atom. The third-order valence-electron chi connectivity index (χ3n) is 4.07. The molecule has 0 saturated carbocycles. The number of rotatable bonds is 4. The van der Waals surface area contributed by atoms with Crippen LogP contribution >= 0.6 is 11.6 Å². The molecule has 1 aliphatic rings. The Morgan fingerprint density at radius 1 is 1.09 bits per heavy atom. The molecule has 1 unspecified atom stereocenters. The van der Waals surface area contributed by atoms with Gasteiger partial charge < -0.3 is 4.90 Å². The summed E-state index contributed by atoms with van der Waals surface area (Å²) in [6.45, 7) is 1.06. The highest BCUT2D eigenvalue weighted by atomic mass is 35.5. The molecule has 0 fully saturated rings. The van der Waals surface area contributed by atoms with Crippen molar-refractivity contribution in [1.29, 1.82) is 0 Å². The van der Waals surface area contributed by atoms with E-state index in [1.54, 1.807) is 0 Å². The zero-order valence-electron chi connectivity index (χ0n) is 13.1. The highest BCUT2D eigenvalue weighted by molar-refractivity contribution is 6.30. The lowest BCUT2D eigenvalue weighted by molar-refractivity contribution is 0.379. The first-order valence-electron chi connectivity index (χ1n) is 7.70. The summed E-state index contributed by atoms with van der Waals surface area (Å²) in [5.41, 5.74) is 4.89. The minimum absolute atomic E-state index is 0.350. The van der Waals surface area contributed by atoms with Gasteiger partial charge >= 0.3 is 0 Å². The summed E-state index contributed by atoms with van der Waals surface area (Å²) >= 11 is 6.02. The number of fused-ring (bicyclic) bond motifs is 1. The van der Waals surface area contributed by atoms with Gasteiger partial charge in [-0.25, -0.2) is 0 Å². The fourth-order valence-corrected chi connectivity index (χ4v) is 3.02. The van der Waals surface area contributed by atoms with Gasteiger partial charge in [-0.1, -0.05) is 48.0 Å². The molecule has 2 aromatic rings. The zero-order chi connectivity index (χ0) is 15.5. The molecule has 1 aliphatic heterocycles. The predicted molar refractivity (Wildman–Crippen MR) is 94.2 cm³/mol. The van der Waals surface area contributed by atoms with E-state index in [-0.39, 0.29) is 0 Å². The lowest BCUT2D eigenvalue weighted by atomic mass is 9.89. The van der Waals surface area contributed by atoms with Crippen LogP contribution in [-0.2, 0) is 6.42 Å². The van der Waals surface area contributed by atoms with E-state index < -0.39 is 0 Å². The molecule has 114 valence electrons. The van der Waals surface area contributed by atoms with Crippen LogP contribution in [0.2, 0.25) is 5.02 Å². The van der Waals surface area contributed by atoms with Crippen LogP contribution in [0.25, 0.3) is 0 Å². The standard InChI is InChI=1S/C19H21ClN2/c1-22(2)12-11-17-13-15-5-3-4-6-18(15)19(21-17)14-7-9-16(20)10-8-14/h3-10,17H,11-13H2,1-2H3. The average molecular weight is 313 g/mol. The largest absolute Gasteiger partial charge is 0.309 e. The van der Waals surface area contributed by atoms with E-state index in [1.165, 1.54) is 11.1 Å². The van der Waals surface area contributed by atoms with Crippen molar-refractivity contribution in [2.75, 3.05) is 20.6 Å². The van der Waals surface area contributed by atoms with Crippen molar-refractivity contribution >= 4 is 17.3 Å². The summed E-state index contributed by atoms with van der Waals surface area (Å²) in [6.07, 6.45) is 2.11. The van der Waals surface area contributed by atoms with E-state index in [1.807, 2.05) is 12.1 Å². The van der Waals surface area contributed by atoms with Crippen molar-refractivity contribution in [3.8, 4) is 0 Å². The number of halogens is 1. The third kappa shape index (κ3) is 3.40. The van der Waals surface area contributed by atoms with Crippen LogP contribution in [0.3, 0.4) is 0 Å². The second-order valence-corrected chi connectivity index (χ2v) is 6.53. The molecule has 0 saturated heterocycles. The summed E-state index contributed by atoms with van der Waals surface area (Å²) < 4.78 is 0. The van der Waals surface area contributed by atoms with Gasteiger partial charge in [-0.15, -0.1) is 0 Å². The van der Waals surface area contributed by atoms with Crippen LogP contribution in [0.4, 0.5) is 0 Å². The van der Waals surface area contributed by atoms with Crippen molar-refractivity contribution in [3.05, 3.63) is 70.2 Å². The number of benzene rings is 2. The van der Waals surface area contributed by atoms with Gasteiger partial charge in [0.2, 0.25) is 0 Å². The lowest BCUT2D eigenvalue weighted by Crippen LogP contribution is -2.25. The summed E-state index contributed by atoms with van der Waals surface area (Å²) in [5, 5.41) is 0.762. The van der Waals surface area contributed by atoms with Crippen LogP contribution in [-0.4, -0.2) is 37.3 Å². The van der Waals surface area contributed by atoms with Crippen molar-refractivity contribution in [2.45, 2.75) is 18.9 Å². The maximum absolute atomic E-state index is 6.02. The fourth-order valence-electron chi connectivity index (χ4n) is 2.89. The van der Waals surface area contributed by atoms with E-state index in [4.69, 9.17) is 16.6 Å². The number of nitrogens with zero attached hydrogens (tertiary/aromatic N) is 2. The first-order chi connectivity index (χ1) is 10.6. The van der Waals surface area contributed by atoms with E-state index in [0.717, 1.165) is 35.7 Å². The SMILES string of the molecule is CN(C)CCC1Cc2ccccc2C(c2ccc(Cl)cc2)=N1. The Hall–Kier alpha value is -1.64. The van der Waals surface area contributed by atoms with Gasteiger partial charge in [0, 0.05) is 16.1 Å². The molecule has 0 bridgehead atoms. The molecule has 0 aliphatic carbocycles. The second-order valence-electron chi connectivity index (χ2n) is 6.09. The number of hydrogen-bond donors (Lipinski definition) is 0. The quantitative estimate of drug-likeness (QED) is 0.831. The Bertz CT molecular complexity index is 674. The minimum Gasteiger partial charge on any atom is -0.309 e. The van der Waals surface area contributed by atoms with Crippen molar-refractivity contribution in [3.63, 3.8) is 0 Å². The van der Waals surface area contributed by atoms with Crippen LogP contribution in [0.1, 0.15) is 23.1 Å². The van der Waals surface area contributed by atoms with E-state index >= 15 is 0 Å². The van der Waals surface area contributed by atoms with E-state index in [0.29, 0.717) is 6.04 Å². The summed E-state index contributed by atoms with van der Waals surface area (Å²) in [5.74, 6) is 0.